The van der Waals surface area contributed by atoms with Crippen molar-refractivity contribution in [1.82, 2.24) is 0 Å². The van der Waals surface area contributed by atoms with Crippen molar-refractivity contribution in [3.8, 4) is 0 Å². The molecular weight excluding hydrogens is 1740 g/mol. The summed E-state index contributed by atoms with van der Waals surface area (Å²) >= 11 is 0. The largest absolute Gasteiger partial charge is 0.394 e. The summed E-state index contributed by atoms with van der Waals surface area (Å²) in [6.45, 7) is -7.73. The van der Waals surface area contributed by atoms with Crippen LogP contribution in [0.5, 0.6) is 0 Å². The first-order valence-electron chi connectivity index (χ1n) is 40.8. The van der Waals surface area contributed by atoms with Crippen molar-refractivity contribution in [1.29, 1.82) is 0 Å². The van der Waals surface area contributed by atoms with Gasteiger partial charge < -0.3 is 276 Å². The van der Waals surface area contributed by atoms with Gasteiger partial charge in [-0.25, -0.2) is 0 Å². The summed E-state index contributed by atoms with van der Waals surface area (Å²) in [7, 11) is 0. The molecule has 55 atom stereocenters. The number of hydrogen-bond donors (Lipinski definition) is 29. The summed E-state index contributed by atoms with van der Waals surface area (Å²) in [5, 5.41) is 314. The second-order valence-electron chi connectivity index (χ2n) is 32.8. The molecule has 0 aromatic heterocycles. The van der Waals surface area contributed by atoms with Gasteiger partial charge in [-0.15, -0.1) is 0 Å². The third-order valence-corrected chi connectivity index (χ3v) is 24.0. The monoisotopic (exact) mass is 1850 g/mol. The first-order valence-corrected chi connectivity index (χ1v) is 40.8. The first-order chi connectivity index (χ1) is 60.0. The van der Waals surface area contributed by atoms with Crippen molar-refractivity contribution >= 4 is 0 Å². The van der Waals surface area contributed by atoms with E-state index in [9.17, 15) is 148 Å². The van der Waals surface area contributed by atoms with Gasteiger partial charge in [0.05, 0.1) is 98.6 Å². The van der Waals surface area contributed by atoms with Crippen LogP contribution in [0, 0.1) is 0 Å². The van der Waals surface area contributed by atoms with E-state index in [1.807, 2.05) is 0 Å². The van der Waals surface area contributed by atoms with Crippen LogP contribution >= 0.6 is 0 Å². The third kappa shape index (κ3) is 21.9. The maximum atomic E-state index is 11.6. The molecular formula is C70H114O56. The van der Waals surface area contributed by atoms with Gasteiger partial charge in [-0.2, -0.15) is 0 Å². The number of hydrogen-bond acceptors (Lipinski definition) is 56. The molecule has 56 nitrogen and oxygen atoms in total. The minimum Gasteiger partial charge on any atom is -0.394 e. The van der Waals surface area contributed by atoms with E-state index in [0.717, 1.165) is 0 Å². The Hall–Kier alpha value is -2.24. The average Bonchev–Trinajstić information content (AvgIpc) is 0.893. The van der Waals surface area contributed by atoms with E-state index < -0.39 is 431 Å². The van der Waals surface area contributed by atoms with Crippen molar-refractivity contribution in [2.45, 2.75) is 345 Å². The molecule has 126 heavy (non-hydrogen) atoms. The van der Waals surface area contributed by atoms with Gasteiger partial charge in [0, 0.05) is 6.42 Å². The average molecular weight is 1850 g/mol. The van der Waals surface area contributed by atoms with E-state index in [4.69, 9.17) is 128 Å². The highest BCUT2D eigenvalue weighted by Crippen LogP contribution is 2.39. The molecule has 56 heteroatoms. The van der Waals surface area contributed by atoms with Gasteiger partial charge in [-0.3, -0.25) is 0 Å². The van der Waals surface area contributed by atoms with Gasteiger partial charge in [0.15, 0.2) is 88.1 Å². The zero-order chi connectivity index (χ0) is 90.5. The number of ether oxygens (including phenoxy) is 27. The standard InChI is InChI=1S/C70H114O56/c71-2-18-16(72)1-31(113-18)126-57-30(125-59-45(87)32(74)17(73)3-101-59)15-112-70(56(57)98)124-29-14-111-69(55(97)43(29)85)123-28-13-110-68(54(96)42(28)84)122-27-12-109-67(53(95)41(27)83)121-26-11-108-66(52(94)40(26)82)120-25-10-107-65(51(93)39(25)81)119-24-9-106-64(50(92)38(24)80)118-23-8-105-63(49(91)37(23)79)117-22-7-104-62(48(90)36(22)78)116-21-6-103-61(47(89)35(21)77)115-20-5-102-60(46(88)34(20)76)114-19-4-100-58(99)44(86)33(19)75/h16-99H,1-15H2/t16-,17+,18-,19+,20+,21+,22+,23+,24+,25+,26+,27+,28+,29+,30+,31-,32-,33-,34-,35-,36-,37-,38-,39-,40-,41-,42-,43-,44?,45?,46?,47?,48?,49?,50?,51?,52?,53?,54?,55?,56?,57-,58+,59-,60-,61+,62+,63+,64+,65+,66+,67+,68+,69+,70-/m0/s1. The highest BCUT2D eigenvalue weighted by Gasteiger charge is 2.58. The van der Waals surface area contributed by atoms with Crippen LogP contribution in [0.4, 0.5) is 0 Å². The molecule has 0 spiro atoms. The van der Waals surface area contributed by atoms with Crippen molar-refractivity contribution in [3.05, 3.63) is 0 Å². The summed E-state index contributed by atoms with van der Waals surface area (Å²) in [5.74, 6) is 0. The number of aliphatic hydroxyl groups is 29. The van der Waals surface area contributed by atoms with Gasteiger partial charge in [0.1, 0.15) is 244 Å². The molecule has 14 rings (SSSR count). The fraction of sp³-hybridized carbons (Fsp3) is 1.00. The fourth-order valence-corrected chi connectivity index (χ4v) is 16.2. The summed E-state index contributed by atoms with van der Waals surface area (Å²) in [4.78, 5) is 0. The van der Waals surface area contributed by atoms with Crippen LogP contribution in [0.2, 0.25) is 0 Å². The second-order valence-corrected chi connectivity index (χ2v) is 32.8. The maximum absolute atomic E-state index is 11.6. The molecule has 0 saturated carbocycles. The van der Waals surface area contributed by atoms with Crippen LogP contribution in [0.15, 0.2) is 0 Å². The van der Waals surface area contributed by atoms with Gasteiger partial charge in [-0.1, -0.05) is 0 Å². The summed E-state index contributed by atoms with van der Waals surface area (Å²) in [5.41, 5.74) is 0. The Kier molecular flexibility index (Phi) is 34.4. The molecule has 14 heterocycles. The Labute approximate surface area is 711 Å². The molecule has 0 radical (unpaired) electrons. The quantitative estimate of drug-likeness (QED) is 0.0363. The Bertz CT molecular complexity index is 3300. The topological polar surface area (TPSA) is 836 Å². The van der Waals surface area contributed by atoms with Crippen LogP contribution in [-0.2, 0) is 128 Å². The van der Waals surface area contributed by atoms with E-state index in [0.29, 0.717) is 0 Å². The van der Waals surface area contributed by atoms with E-state index in [1.165, 1.54) is 0 Å². The number of aliphatic hydroxyl groups excluding tert-OH is 29. The summed E-state index contributed by atoms with van der Waals surface area (Å²) in [6, 6.07) is 0. The Morgan fingerprint density at radius 2 is 0.357 bits per heavy atom. The summed E-state index contributed by atoms with van der Waals surface area (Å²) in [6.07, 6.45) is -93.1. The van der Waals surface area contributed by atoms with Crippen LogP contribution in [-0.4, -0.2) is 579 Å². The maximum Gasteiger partial charge on any atom is 0.186 e. The lowest BCUT2D eigenvalue weighted by Gasteiger charge is -2.46. The van der Waals surface area contributed by atoms with E-state index in [1.54, 1.807) is 0 Å². The van der Waals surface area contributed by atoms with E-state index in [2.05, 4.69) is 0 Å². The van der Waals surface area contributed by atoms with Crippen LogP contribution in [0.1, 0.15) is 6.42 Å². The predicted molar refractivity (Wildman–Crippen MR) is 375 cm³/mol. The van der Waals surface area contributed by atoms with Gasteiger partial charge in [0.2, 0.25) is 0 Å². The van der Waals surface area contributed by atoms with E-state index >= 15 is 0 Å². The van der Waals surface area contributed by atoms with Crippen molar-refractivity contribution in [2.75, 3.05) is 92.5 Å². The molecule has 0 aromatic rings. The lowest BCUT2D eigenvalue weighted by atomic mass is 10.0. The molecule has 0 aromatic carbocycles. The van der Waals surface area contributed by atoms with Crippen LogP contribution in [0.25, 0.3) is 0 Å². The smallest absolute Gasteiger partial charge is 0.186 e. The minimum absolute atomic E-state index is 0.171. The zero-order valence-corrected chi connectivity index (χ0v) is 66.4. The highest BCUT2D eigenvalue weighted by molar-refractivity contribution is 5.00. The highest BCUT2D eigenvalue weighted by atomic mass is 16.8. The summed E-state index contributed by atoms with van der Waals surface area (Å²) < 4.78 is 151. The van der Waals surface area contributed by atoms with Crippen LogP contribution in [0.3, 0.4) is 0 Å². The van der Waals surface area contributed by atoms with Gasteiger partial charge in [0.25, 0.3) is 0 Å². The second kappa shape index (κ2) is 43.4. The molecule has 13 unspecified atom stereocenters. The van der Waals surface area contributed by atoms with Crippen molar-refractivity contribution in [3.63, 3.8) is 0 Å². The van der Waals surface area contributed by atoms with Crippen molar-refractivity contribution < 1.29 is 276 Å². The molecule has 0 bridgehead atoms. The SMILES string of the molecule is OC[C@@H]1O[C@@H](O[C@@H]2C(O)[C@H](O[C@@H]3CO[C@H](O[C@@H]4CO[C@H](O[C@@H]5CO[C@H](O[C@@H]6CO[C@H](O[C@@H]7CO[C@H](O[C@@H]8CO[C@H](O[C@@H]9CO[C@H](O[C@@H]%10CO[C@H](O[C@@H]%11CO[C@H](O[C@@H]%12CO[C@@H](O[C@@H]%13CO[C@@H](O)C(O)[C@H]%13O)C(O)[C@H]%12O)C(O)[C@H]%11O)C(O)[C@H]%10O)C(O)[C@H]9O)C(O)[C@H]8O)C(O)[C@H]7O)C(O)[C@H]6O)C(O)[C@H]5O)C(O)[C@H]4O)C(O)[C@H]3O)OC[C@H]2O[C@@H]2OC[C@@H](O)[C@H](O)C2O)C[C@@H]1O. The van der Waals surface area contributed by atoms with Gasteiger partial charge >= 0.3 is 0 Å². The normalized spacial score (nSPS) is 54.5. The molecule has 0 aliphatic carbocycles. The first kappa shape index (κ1) is 99.7. The molecule has 14 fully saturated rings. The molecule has 14 aliphatic heterocycles. The van der Waals surface area contributed by atoms with Crippen LogP contribution < -0.4 is 0 Å². The number of rotatable bonds is 27. The van der Waals surface area contributed by atoms with Crippen molar-refractivity contribution in [2.24, 2.45) is 0 Å². The Balaban J connectivity index is 0.463. The van der Waals surface area contributed by atoms with Gasteiger partial charge in [-0.05, 0) is 0 Å². The lowest BCUT2D eigenvalue weighted by Crippen LogP contribution is -2.64. The van der Waals surface area contributed by atoms with E-state index in [-0.39, 0.29) is 6.42 Å². The molecule has 0 amide bonds. The molecule has 730 valence electrons. The zero-order valence-electron chi connectivity index (χ0n) is 66.4. The predicted octanol–water partition coefficient (Wildman–Crippen LogP) is -21.5. The molecule has 14 aliphatic rings. The minimum atomic E-state index is -1.99. The Morgan fingerprint density at radius 1 is 0.175 bits per heavy atom. The molecule has 29 N–H and O–H groups in total. The fourth-order valence-electron chi connectivity index (χ4n) is 16.2. The lowest BCUT2D eigenvalue weighted by molar-refractivity contribution is -0.372. The molecule has 14 saturated heterocycles. The Morgan fingerprint density at radius 3 is 0.579 bits per heavy atom. The third-order valence-electron chi connectivity index (χ3n) is 24.0.